The predicted octanol–water partition coefficient (Wildman–Crippen LogP) is 1.06. The highest BCUT2D eigenvalue weighted by molar-refractivity contribution is 7.92. The van der Waals surface area contributed by atoms with Crippen LogP contribution in [0.1, 0.15) is 28.8 Å². The molecule has 7 nitrogen and oxygen atoms in total. The molecule has 0 radical (unpaired) electrons. The van der Waals surface area contributed by atoms with Gasteiger partial charge in [0, 0.05) is 12.1 Å². The zero-order chi connectivity index (χ0) is 16.5. The maximum absolute atomic E-state index is 12.5. The van der Waals surface area contributed by atoms with Gasteiger partial charge in [-0.05, 0) is 37.5 Å². The van der Waals surface area contributed by atoms with Gasteiger partial charge in [-0.1, -0.05) is 6.07 Å². The molecular weight excluding hydrogens is 308 g/mol. The van der Waals surface area contributed by atoms with E-state index in [9.17, 15) is 18.0 Å². The molecule has 0 spiro atoms. The normalized spacial score (nSPS) is 18.3. The van der Waals surface area contributed by atoms with E-state index in [1.54, 1.807) is 19.1 Å². The van der Waals surface area contributed by atoms with Crippen LogP contribution in [0.4, 0.5) is 5.69 Å². The van der Waals surface area contributed by atoms with Crippen molar-refractivity contribution in [3.63, 3.8) is 0 Å². The third-order valence-corrected chi connectivity index (χ3v) is 4.17. The summed E-state index contributed by atoms with van der Waals surface area (Å²) in [4.78, 5) is 25.0. The zero-order valence-electron chi connectivity index (χ0n) is 12.4. The Labute approximate surface area is 129 Å². The first-order valence-corrected chi connectivity index (χ1v) is 8.70. The molecule has 8 heteroatoms. The number of aliphatic carboxylic acids is 1. The Balaban J connectivity index is 2.31. The summed E-state index contributed by atoms with van der Waals surface area (Å²) in [6.45, 7) is 2.11. The summed E-state index contributed by atoms with van der Waals surface area (Å²) in [7, 11) is -3.45. The van der Waals surface area contributed by atoms with Crippen molar-refractivity contribution in [2.24, 2.45) is 0 Å². The molecule has 0 saturated carbocycles. The highest BCUT2D eigenvalue weighted by atomic mass is 32.2. The smallest absolute Gasteiger partial charge is 0.326 e. The van der Waals surface area contributed by atoms with Crippen molar-refractivity contribution in [1.82, 2.24) is 4.90 Å². The average molecular weight is 326 g/mol. The Hall–Kier alpha value is -2.09. The molecule has 1 atom stereocenters. The number of aryl methyl sites for hydroxylation is 1. The quantitative estimate of drug-likeness (QED) is 0.861. The maximum Gasteiger partial charge on any atom is 0.326 e. The lowest BCUT2D eigenvalue weighted by Crippen LogP contribution is -2.40. The van der Waals surface area contributed by atoms with Crippen molar-refractivity contribution in [2.45, 2.75) is 25.8 Å². The van der Waals surface area contributed by atoms with E-state index >= 15 is 0 Å². The number of carbonyl (C=O) groups excluding carboxylic acids is 1. The van der Waals surface area contributed by atoms with Gasteiger partial charge in [-0.3, -0.25) is 9.52 Å². The maximum atomic E-state index is 12.5. The fourth-order valence-corrected chi connectivity index (χ4v) is 3.12. The molecule has 1 aromatic rings. The SMILES string of the molecule is Cc1ccc(C(=O)N2CCC[C@@H]2C(=O)O)cc1NS(C)(=O)=O. The van der Waals surface area contributed by atoms with Crippen LogP contribution in [0.15, 0.2) is 18.2 Å². The van der Waals surface area contributed by atoms with Crippen molar-refractivity contribution in [2.75, 3.05) is 17.5 Å². The molecular formula is C14H18N2O5S. The van der Waals surface area contributed by atoms with E-state index in [2.05, 4.69) is 4.72 Å². The first-order chi connectivity index (χ1) is 10.2. The third kappa shape index (κ3) is 3.56. The van der Waals surface area contributed by atoms with Gasteiger partial charge in [0.15, 0.2) is 0 Å². The van der Waals surface area contributed by atoms with Crippen LogP contribution >= 0.6 is 0 Å². The van der Waals surface area contributed by atoms with Crippen LogP contribution in [0.5, 0.6) is 0 Å². The molecule has 2 N–H and O–H groups in total. The number of hydrogen-bond acceptors (Lipinski definition) is 4. The number of amides is 1. The molecule has 2 rings (SSSR count). The van der Waals surface area contributed by atoms with E-state index < -0.39 is 27.9 Å². The van der Waals surface area contributed by atoms with Crippen LogP contribution in [0.25, 0.3) is 0 Å². The fraction of sp³-hybridized carbons (Fsp3) is 0.429. The number of carboxylic acid groups (broad SMARTS) is 1. The van der Waals surface area contributed by atoms with Gasteiger partial charge < -0.3 is 10.0 Å². The van der Waals surface area contributed by atoms with Crippen molar-refractivity contribution in [3.8, 4) is 0 Å². The van der Waals surface area contributed by atoms with E-state index in [-0.39, 0.29) is 5.56 Å². The number of hydrogen-bond donors (Lipinski definition) is 2. The van der Waals surface area contributed by atoms with Crippen molar-refractivity contribution in [1.29, 1.82) is 0 Å². The second-order valence-corrected chi connectivity index (χ2v) is 7.15. The predicted molar refractivity (Wildman–Crippen MR) is 81.3 cm³/mol. The highest BCUT2D eigenvalue weighted by Crippen LogP contribution is 2.23. The van der Waals surface area contributed by atoms with Crippen molar-refractivity contribution in [3.05, 3.63) is 29.3 Å². The molecule has 0 bridgehead atoms. The zero-order valence-corrected chi connectivity index (χ0v) is 13.2. The standard InChI is InChI=1S/C14H18N2O5S/c1-9-5-6-10(8-11(9)15-22(2,20)21)13(17)16-7-3-4-12(16)14(18)19/h5-6,8,12,15H,3-4,7H2,1-2H3,(H,18,19)/t12-/m1/s1. The summed E-state index contributed by atoms with van der Waals surface area (Å²) in [5.74, 6) is -1.42. The lowest BCUT2D eigenvalue weighted by atomic mass is 10.1. The number of nitrogens with zero attached hydrogens (tertiary/aromatic N) is 1. The number of carboxylic acids is 1. The molecule has 120 valence electrons. The van der Waals surface area contributed by atoms with E-state index in [4.69, 9.17) is 5.11 Å². The molecule has 0 unspecified atom stereocenters. The summed E-state index contributed by atoms with van der Waals surface area (Å²) < 4.78 is 25.0. The molecule has 1 fully saturated rings. The Morgan fingerprint density at radius 3 is 2.64 bits per heavy atom. The number of sulfonamides is 1. The van der Waals surface area contributed by atoms with Gasteiger partial charge in [0.05, 0.1) is 11.9 Å². The molecule has 0 aliphatic carbocycles. The number of benzene rings is 1. The van der Waals surface area contributed by atoms with E-state index in [1.165, 1.54) is 11.0 Å². The van der Waals surface area contributed by atoms with Gasteiger partial charge >= 0.3 is 5.97 Å². The Morgan fingerprint density at radius 1 is 1.36 bits per heavy atom. The average Bonchev–Trinajstić information content (AvgIpc) is 2.88. The first-order valence-electron chi connectivity index (χ1n) is 6.81. The van der Waals surface area contributed by atoms with Crippen LogP contribution in [0, 0.1) is 6.92 Å². The summed E-state index contributed by atoms with van der Waals surface area (Å²) in [6, 6.07) is 3.82. The molecule has 1 amide bonds. The molecule has 1 aromatic carbocycles. The van der Waals surface area contributed by atoms with Crippen molar-refractivity contribution < 1.29 is 23.1 Å². The molecule has 0 aromatic heterocycles. The second kappa shape index (κ2) is 5.96. The number of likely N-dealkylation sites (tertiary alicyclic amines) is 1. The molecule has 1 aliphatic heterocycles. The monoisotopic (exact) mass is 326 g/mol. The Kier molecular flexibility index (Phi) is 4.41. The van der Waals surface area contributed by atoms with Gasteiger partial charge in [-0.15, -0.1) is 0 Å². The lowest BCUT2D eigenvalue weighted by molar-refractivity contribution is -0.141. The van der Waals surface area contributed by atoms with E-state index in [1.807, 2.05) is 0 Å². The fourth-order valence-electron chi connectivity index (χ4n) is 2.50. The Morgan fingerprint density at radius 2 is 2.05 bits per heavy atom. The van der Waals surface area contributed by atoms with Crippen molar-refractivity contribution >= 4 is 27.6 Å². The first kappa shape index (κ1) is 16.3. The number of rotatable bonds is 4. The Bertz CT molecular complexity index is 714. The second-order valence-electron chi connectivity index (χ2n) is 5.40. The summed E-state index contributed by atoms with van der Waals surface area (Å²) >= 11 is 0. The third-order valence-electron chi connectivity index (χ3n) is 3.58. The van der Waals surface area contributed by atoms with Gasteiger partial charge in [-0.25, -0.2) is 13.2 Å². The van der Waals surface area contributed by atoms with Gasteiger partial charge in [-0.2, -0.15) is 0 Å². The van der Waals surface area contributed by atoms with Crippen LogP contribution in [0.2, 0.25) is 0 Å². The molecule has 1 heterocycles. The summed E-state index contributed by atoms with van der Waals surface area (Å²) in [5.41, 5.74) is 1.27. The van der Waals surface area contributed by atoms with Gasteiger partial charge in [0.1, 0.15) is 6.04 Å². The van der Waals surface area contributed by atoms with Gasteiger partial charge in [0.25, 0.3) is 5.91 Å². The summed E-state index contributed by atoms with van der Waals surface area (Å²) in [5, 5.41) is 9.15. The van der Waals surface area contributed by atoms with Crippen LogP contribution in [0.3, 0.4) is 0 Å². The molecule has 1 saturated heterocycles. The lowest BCUT2D eigenvalue weighted by Gasteiger charge is -2.22. The molecule has 1 aliphatic rings. The number of carbonyl (C=O) groups is 2. The van der Waals surface area contributed by atoms with Gasteiger partial charge in [0.2, 0.25) is 10.0 Å². The molecule has 22 heavy (non-hydrogen) atoms. The van der Waals surface area contributed by atoms with Crippen LogP contribution < -0.4 is 4.72 Å². The highest BCUT2D eigenvalue weighted by Gasteiger charge is 2.34. The topological polar surface area (TPSA) is 104 Å². The minimum absolute atomic E-state index is 0.268. The van der Waals surface area contributed by atoms with Crippen LogP contribution in [-0.4, -0.2) is 49.1 Å². The minimum Gasteiger partial charge on any atom is -0.480 e. The number of anilines is 1. The van der Waals surface area contributed by atoms with E-state index in [0.29, 0.717) is 30.6 Å². The van der Waals surface area contributed by atoms with Crippen LogP contribution in [-0.2, 0) is 14.8 Å². The largest absolute Gasteiger partial charge is 0.480 e. The summed E-state index contributed by atoms with van der Waals surface area (Å²) in [6.07, 6.45) is 2.10. The van der Waals surface area contributed by atoms with E-state index in [0.717, 1.165) is 6.26 Å². The number of nitrogens with one attached hydrogen (secondary N) is 1. The minimum atomic E-state index is -3.45.